The van der Waals surface area contributed by atoms with Gasteiger partial charge in [-0.05, 0) is 19.3 Å². The van der Waals surface area contributed by atoms with Gasteiger partial charge in [-0.1, -0.05) is 0 Å². The average Bonchev–Trinajstić information content (AvgIpc) is 2.40. The Bertz CT molecular complexity index is 261. The molecule has 5 heteroatoms. The topological polar surface area (TPSA) is 57.5 Å². The summed E-state index contributed by atoms with van der Waals surface area (Å²) in [6, 6.07) is 2.30. The van der Waals surface area contributed by atoms with Crippen molar-refractivity contribution >= 4 is 0 Å². The molecule has 0 radical (unpaired) electrons. The third-order valence-electron chi connectivity index (χ3n) is 3.32. The maximum Gasteiger partial charge on any atom is 0.157 e. The minimum atomic E-state index is -0.0211. The molecule has 2 rings (SSSR count). The fraction of sp³-hybridized carbons (Fsp3) is 0.917. The molecule has 2 atom stereocenters. The molecule has 5 nitrogen and oxygen atoms in total. The second kappa shape index (κ2) is 6.92. The Hall–Kier alpha value is -0.670. The molecule has 96 valence electrons. The quantitative estimate of drug-likeness (QED) is 0.766. The van der Waals surface area contributed by atoms with Gasteiger partial charge in [0.1, 0.15) is 6.04 Å². The Morgan fingerprint density at radius 3 is 3.18 bits per heavy atom. The van der Waals surface area contributed by atoms with E-state index in [9.17, 15) is 0 Å². The molecule has 0 aromatic carbocycles. The largest absolute Gasteiger partial charge is 0.353 e. The van der Waals surface area contributed by atoms with Crippen molar-refractivity contribution in [2.75, 3.05) is 39.4 Å². The van der Waals surface area contributed by atoms with Crippen molar-refractivity contribution in [2.24, 2.45) is 0 Å². The molecule has 1 N–H and O–H groups in total. The van der Waals surface area contributed by atoms with Crippen LogP contribution in [0.1, 0.15) is 19.3 Å². The number of hydrogen-bond donors (Lipinski definition) is 1. The fourth-order valence-electron chi connectivity index (χ4n) is 2.29. The molecule has 0 aliphatic carbocycles. The number of hydrogen-bond acceptors (Lipinski definition) is 5. The fourth-order valence-corrected chi connectivity index (χ4v) is 2.29. The van der Waals surface area contributed by atoms with Crippen molar-refractivity contribution in [2.45, 2.75) is 31.6 Å². The average molecular weight is 239 g/mol. The molecule has 0 amide bonds. The highest BCUT2D eigenvalue weighted by Gasteiger charge is 2.22. The molecular formula is C12H21N3O2. The van der Waals surface area contributed by atoms with Crippen LogP contribution in [0.3, 0.4) is 0 Å². The summed E-state index contributed by atoms with van der Waals surface area (Å²) in [5.41, 5.74) is 0. The van der Waals surface area contributed by atoms with Crippen molar-refractivity contribution < 1.29 is 9.47 Å². The molecule has 17 heavy (non-hydrogen) atoms. The molecule has 0 saturated carbocycles. The predicted octanol–water partition coefficient (Wildman–Crippen LogP) is 0.327. The van der Waals surface area contributed by atoms with E-state index < -0.39 is 0 Å². The first-order valence-corrected chi connectivity index (χ1v) is 6.48. The highest BCUT2D eigenvalue weighted by atomic mass is 16.7. The number of nitrogens with one attached hydrogen (secondary N) is 1. The van der Waals surface area contributed by atoms with Crippen LogP contribution < -0.4 is 5.32 Å². The maximum atomic E-state index is 9.01. The van der Waals surface area contributed by atoms with Gasteiger partial charge in [0.25, 0.3) is 0 Å². The maximum absolute atomic E-state index is 9.01. The lowest BCUT2D eigenvalue weighted by Crippen LogP contribution is -2.51. The standard InChI is InChI=1S/C12H21N3O2/c13-9-11-10-14-4-5-15(11)6-8-17-12-3-1-2-7-16-12/h11-12,14H,1-8,10H2. The van der Waals surface area contributed by atoms with Crippen molar-refractivity contribution in [3.8, 4) is 6.07 Å². The van der Waals surface area contributed by atoms with E-state index in [-0.39, 0.29) is 12.3 Å². The van der Waals surface area contributed by atoms with Crippen LogP contribution >= 0.6 is 0 Å². The van der Waals surface area contributed by atoms with Gasteiger partial charge >= 0.3 is 0 Å². The van der Waals surface area contributed by atoms with Crippen molar-refractivity contribution in [1.82, 2.24) is 10.2 Å². The molecule has 2 unspecified atom stereocenters. The lowest BCUT2D eigenvalue weighted by molar-refractivity contribution is -0.164. The number of ether oxygens (including phenoxy) is 2. The number of piperazine rings is 1. The lowest BCUT2D eigenvalue weighted by Gasteiger charge is -2.32. The summed E-state index contributed by atoms with van der Waals surface area (Å²) < 4.78 is 11.2. The monoisotopic (exact) mass is 239 g/mol. The van der Waals surface area contributed by atoms with Gasteiger partial charge in [0.15, 0.2) is 6.29 Å². The van der Waals surface area contributed by atoms with Gasteiger partial charge in [-0.25, -0.2) is 0 Å². The van der Waals surface area contributed by atoms with Gasteiger partial charge in [0.05, 0.1) is 12.7 Å². The van der Waals surface area contributed by atoms with Gasteiger partial charge in [0, 0.05) is 32.8 Å². The van der Waals surface area contributed by atoms with E-state index in [0.717, 1.165) is 45.6 Å². The summed E-state index contributed by atoms with van der Waals surface area (Å²) in [6.45, 7) is 4.93. The summed E-state index contributed by atoms with van der Waals surface area (Å²) in [5, 5.41) is 12.2. The van der Waals surface area contributed by atoms with Gasteiger partial charge < -0.3 is 14.8 Å². The SMILES string of the molecule is N#CC1CNCCN1CCOC1CCCCO1. The molecule has 0 spiro atoms. The normalized spacial score (nSPS) is 31.0. The van der Waals surface area contributed by atoms with E-state index in [2.05, 4.69) is 16.3 Å². The Labute approximate surface area is 103 Å². The first-order chi connectivity index (χ1) is 8.40. The number of nitrogens with zero attached hydrogens (tertiary/aromatic N) is 2. The minimum absolute atomic E-state index is 0.0142. The van der Waals surface area contributed by atoms with Crippen LogP contribution in [0.5, 0.6) is 0 Å². The van der Waals surface area contributed by atoms with Crippen molar-refractivity contribution in [3.05, 3.63) is 0 Å². The van der Waals surface area contributed by atoms with Gasteiger partial charge in [0.2, 0.25) is 0 Å². The van der Waals surface area contributed by atoms with Gasteiger partial charge in [-0.3, -0.25) is 4.90 Å². The molecule has 2 aliphatic rings. The predicted molar refractivity (Wildman–Crippen MR) is 63.4 cm³/mol. The van der Waals surface area contributed by atoms with Gasteiger partial charge in [-0.15, -0.1) is 0 Å². The first kappa shape index (κ1) is 12.8. The van der Waals surface area contributed by atoms with E-state index >= 15 is 0 Å². The third kappa shape index (κ3) is 3.93. The zero-order valence-corrected chi connectivity index (χ0v) is 10.2. The highest BCUT2D eigenvalue weighted by Crippen LogP contribution is 2.13. The summed E-state index contributed by atoms with van der Waals surface area (Å²) in [4.78, 5) is 2.18. The summed E-state index contributed by atoms with van der Waals surface area (Å²) in [6.07, 6.45) is 3.32. The van der Waals surface area contributed by atoms with Crippen LogP contribution in [0.2, 0.25) is 0 Å². The van der Waals surface area contributed by atoms with Crippen LogP contribution in [0.25, 0.3) is 0 Å². The molecular weight excluding hydrogens is 218 g/mol. The second-order valence-corrected chi connectivity index (χ2v) is 4.55. The van der Waals surface area contributed by atoms with Gasteiger partial charge in [-0.2, -0.15) is 5.26 Å². The van der Waals surface area contributed by atoms with E-state index in [1.807, 2.05) is 0 Å². The second-order valence-electron chi connectivity index (χ2n) is 4.55. The Balaban J connectivity index is 1.64. The lowest BCUT2D eigenvalue weighted by atomic mass is 10.2. The highest BCUT2D eigenvalue weighted by molar-refractivity contribution is 4.95. The molecule has 2 heterocycles. The van der Waals surface area contributed by atoms with E-state index in [4.69, 9.17) is 14.7 Å². The smallest absolute Gasteiger partial charge is 0.157 e. The van der Waals surface area contributed by atoms with Crippen LogP contribution in [0.15, 0.2) is 0 Å². The Morgan fingerprint density at radius 1 is 1.47 bits per heavy atom. The summed E-state index contributed by atoms with van der Waals surface area (Å²) >= 11 is 0. The van der Waals surface area contributed by atoms with E-state index in [1.165, 1.54) is 6.42 Å². The zero-order valence-electron chi connectivity index (χ0n) is 10.2. The zero-order chi connectivity index (χ0) is 11.9. The summed E-state index contributed by atoms with van der Waals surface area (Å²) in [5.74, 6) is 0. The van der Waals surface area contributed by atoms with Crippen LogP contribution in [-0.4, -0.2) is 56.6 Å². The van der Waals surface area contributed by atoms with E-state index in [1.54, 1.807) is 0 Å². The van der Waals surface area contributed by atoms with Crippen LogP contribution in [-0.2, 0) is 9.47 Å². The molecule has 2 fully saturated rings. The van der Waals surface area contributed by atoms with Crippen molar-refractivity contribution in [1.29, 1.82) is 5.26 Å². The third-order valence-corrected chi connectivity index (χ3v) is 3.32. The first-order valence-electron chi connectivity index (χ1n) is 6.48. The molecule has 0 aromatic heterocycles. The Kier molecular flexibility index (Phi) is 5.20. The van der Waals surface area contributed by atoms with E-state index in [0.29, 0.717) is 6.61 Å². The molecule has 0 bridgehead atoms. The number of rotatable bonds is 4. The van der Waals surface area contributed by atoms with Crippen LogP contribution in [0.4, 0.5) is 0 Å². The molecule has 2 saturated heterocycles. The molecule has 2 aliphatic heterocycles. The number of nitriles is 1. The van der Waals surface area contributed by atoms with Crippen molar-refractivity contribution in [3.63, 3.8) is 0 Å². The van der Waals surface area contributed by atoms with Crippen LogP contribution in [0, 0.1) is 11.3 Å². The Morgan fingerprint density at radius 2 is 2.41 bits per heavy atom. The molecule has 0 aromatic rings. The summed E-state index contributed by atoms with van der Waals surface area (Å²) in [7, 11) is 0. The minimum Gasteiger partial charge on any atom is -0.353 e.